The molecule has 0 radical (unpaired) electrons. The molecular formula is C25H23N5O. The van der Waals surface area contributed by atoms with Crippen molar-refractivity contribution in [3.8, 4) is 0 Å². The maximum absolute atomic E-state index is 12.7. The Labute approximate surface area is 179 Å². The second-order valence-electron chi connectivity index (χ2n) is 7.64. The first kappa shape index (κ1) is 19.1. The van der Waals surface area contributed by atoms with E-state index in [0.29, 0.717) is 17.9 Å². The predicted octanol–water partition coefficient (Wildman–Crippen LogP) is 4.53. The van der Waals surface area contributed by atoms with E-state index in [0.717, 1.165) is 52.1 Å². The number of unbranched alkanes of at least 4 members (excludes halogenated alkanes) is 1. The second-order valence-corrected chi connectivity index (χ2v) is 7.64. The van der Waals surface area contributed by atoms with Gasteiger partial charge in [0.15, 0.2) is 5.82 Å². The summed E-state index contributed by atoms with van der Waals surface area (Å²) in [6.07, 6.45) is 3.61. The zero-order valence-corrected chi connectivity index (χ0v) is 17.1. The highest BCUT2D eigenvalue weighted by atomic mass is 16.1. The molecule has 3 N–H and O–H groups in total. The Morgan fingerprint density at radius 1 is 0.935 bits per heavy atom. The van der Waals surface area contributed by atoms with Crippen LogP contribution in [0.25, 0.3) is 32.7 Å². The van der Waals surface area contributed by atoms with Gasteiger partial charge in [0.05, 0.1) is 17.4 Å². The normalized spacial score (nSPS) is 11.4. The number of nitrogen functional groups attached to an aromatic ring is 1. The number of amides is 1. The van der Waals surface area contributed by atoms with Crippen LogP contribution in [-0.4, -0.2) is 27.0 Å². The third kappa shape index (κ3) is 3.57. The van der Waals surface area contributed by atoms with Crippen LogP contribution in [-0.2, 0) is 6.54 Å². The lowest BCUT2D eigenvalue weighted by atomic mass is 10.0. The third-order valence-corrected chi connectivity index (χ3v) is 5.63. The van der Waals surface area contributed by atoms with Crippen molar-refractivity contribution in [1.29, 1.82) is 0 Å². The van der Waals surface area contributed by atoms with Gasteiger partial charge in [-0.05, 0) is 35.7 Å². The van der Waals surface area contributed by atoms with Crippen LogP contribution >= 0.6 is 0 Å². The lowest BCUT2D eigenvalue weighted by molar-refractivity contribution is 0.0954. The molecule has 6 nitrogen and oxygen atoms in total. The van der Waals surface area contributed by atoms with Crippen molar-refractivity contribution >= 4 is 44.4 Å². The smallest absolute Gasteiger partial charge is 0.251 e. The molecule has 6 heteroatoms. The van der Waals surface area contributed by atoms with Crippen LogP contribution in [0.4, 0.5) is 5.82 Å². The number of hydrogen-bond acceptors (Lipinski definition) is 4. The van der Waals surface area contributed by atoms with Crippen LogP contribution in [0.2, 0.25) is 0 Å². The molecule has 5 aromatic rings. The first-order valence-electron chi connectivity index (χ1n) is 10.5. The van der Waals surface area contributed by atoms with Crippen molar-refractivity contribution in [3.63, 3.8) is 0 Å². The number of aryl methyl sites for hydroxylation is 1. The Hall–Kier alpha value is -3.93. The van der Waals surface area contributed by atoms with E-state index in [2.05, 4.69) is 19.9 Å². The number of hydrogen-bond donors (Lipinski definition) is 2. The predicted molar refractivity (Wildman–Crippen MR) is 125 cm³/mol. The van der Waals surface area contributed by atoms with Gasteiger partial charge in [-0.2, -0.15) is 0 Å². The Morgan fingerprint density at radius 3 is 2.61 bits per heavy atom. The fourth-order valence-corrected chi connectivity index (χ4v) is 4.10. The van der Waals surface area contributed by atoms with E-state index in [-0.39, 0.29) is 5.91 Å². The minimum Gasteiger partial charge on any atom is -0.382 e. The van der Waals surface area contributed by atoms with Crippen molar-refractivity contribution in [2.45, 2.75) is 19.4 Å². The number of fused-ring (bicyclic) bond motifs is 4. The van der Waals surface area contributed by atoms with E-state index in [1.54, 1.807) is 0 Å². The van der Waals surface area contributed by atoms with Crippen LogP contribution in [0.5, 0.6) is 0 Å². The Balaban J connectivity index is 1.24. The van der Waals surface area contributed by atoms with Gasteiger partial charge in [-0.1, -0.05) is 54.6 Å². The number of nitrogens with two attached hydrogens (primary N) is 1. The molecule has 0 spiro atoms. The summed E-state index contributed by atoms with van der Waals surface area (Å²) in [5.41, 5.74) is 9.45. The average Bonchev–Trinajstić information content (AvgIpc) is 3.23. The van der Waals surface area contributed by atoms with Gasteiger partial charge in [0.25, 0.3) is 5.91 Å². The van der Waals surface area contributed by atoms with Crippen molar-refractivity contribution < 1.29 is 4.79 Å². The summed E-state index contributed by atoms with van der Waals surface area (Å²) in [7, 11) is 0. The molecular weight excluding hydrogens is 386 g/mol. The van der Waals surface area contributed by atoms with Gasteiger partial charge >= 0.3 is 0 Å². The molecule has 0 saturated carbocycles. The number of rotatable bonds is 6. The fourth-order valence-electron chi connectivity index (χ4n) is 4.10. The first-order valence-corrected chi connectivity index (χ1v) is 10.5. The fraction of sp³-hybridized carbons (Fsp3) is 0.160. The third-order valence-electron chi connectivity index (χ3n) is 5.63. The minimum atomic E-state index is -0.0327. The number of nitrogens with one attached hydrogen (secondary N) is 1. The zero-order chi connectivity index (χ0) is 21.2. The maximum Gasteiger partial charge on any atom is 0.251 e. The minimum absolute atomic E-state index is 0.0327. The van der Waals surface area contributed by atoms with Gasteiger partial charge in [0.2, 0.25) is 0 Å². The van der Waals surface area contributed by atoms with Gasteiger partial charge < -0.3 is 15.6 Å². The monoisotopic (exact) mass is 409 g/mol. The number of para-hydroxylation sites is 1. The quantitative estimate of drug-likeness (QED) is 0.404. The van der Waals surface area contributed by atoms with E-state index >= 15 is 0 Å². The largest absolute Gasteiger partial charge is 0.382 e. The summed E-state index contributed by atoms with van der Waals surface area (Å²) in [5, 5.41) is 6.15. The molecule has 2 aromatic heterocycles. The number of pyridine rings is 1. The number of imidazole rings is 1. The summed E-state index contributed by atoms with van der Waals surface area (Å²) in [6, 6.07) is 21.7. The van der Waals surface area contributed by atoms with Crippen LogP contribution in [0, 0.1) is 0 Å². The van der Waals surface area contributed by atoms with E-state index in [1.807, 2.05) is 73.1 Å². The standard InChI is InChI=1S/C25H23N5O/c26-24-22-23(20-11-3-4-13-21(20)29-24)30(16-28-22)15-6-5-14-27-25(31)19-12-7-9-17-8-1-2-10-18(17)19/h1-4,7-13,16H,5-6,14-15H2,(H2,26,29)(H,27,31). The summed E-state index contributed by atoms with van der Waals surface area (Å²) in [4.78, 5) is 21.6. The lowest BCUT2D eigenvalue weighted by Gasteiger charge is -2.09. The average molecular weight is 409 g/mol. The summed E-state index contributed by atoms with van der Waals surface area (Å²) >= 11 is 0. The van der Waals surface area contributed by atoms with Gasteiger partial charge in [0, 0.05) is 24.0 Å². The molecule has 0 aliphatic rings. The van der Waals surface area contributed by atoms with Crippen molar-refractivity contribution in [2.24, 2.45) is 0 Å². The topological polar surface area (TPSA) is 85.8 Å². The number of benzene rings is 3. The molecule has 3 aromatic carbocycles. The zero-order valence-electron chi connectivity index (χ0n) is 17.1. The van der Waals surface area contributed by atoms with Crippen molar-refractivity contribution in [2.75, 3.05) is 12.3 Å². The SMILES string of the molecule is Nc1nc2ccccc2c2c1ncn2CCCCNC(=O)c1cccc2ccccc12. The molecule has 0 saturated heterocycles. The molecule has 31 heavy (non-hydrogen) atoms. The highest BCUT2D eigenvalue weighted by Crippen LogP contribution is 2.27. The Kier molecular flexibility index (Phi) is 4.96. The van der Waals surface area contributed by atoms with Gasteiger partial charge in [-0.25, -0.2) is 9.97 Å². The molecule has 1 amide bonds. The molecule has 0 unspecified atom stereocenters. The highest BCUT2D eigenvalue weighted by Gasteiger charge is 2.12. The van der Waals surface area contributed by atoms with E-state index < -0.39 is 0 Å². The molecule has 0 aliphatic carbocycles. The van der Waals surface area contributed by atoms with Crippen molar-refractivity contribution in [3.05, 3.63) is 78.6 Å². The van der Waals surface area contributed by atoms with E-state index in [9.17, 15) is 4.79 Å². The lowest BCUT2D eigenvalue weighted by Crippen LogP contribution is -2.24. The Morgan fingerprint density at radius 2 is 1.71 bits per heavy atom. The molecule has 2 heterocycles. The number of carbonyl (C=O) groups is 1. The molecule has 0 bridgehead atoms. The van der Waals surface area contributed by atoms with Crippen LogP contribution in [0.15, 0.2) is 73.1 Å². The second kappa shape index (κ2) is 8.07. The number of nitrogens with zero attached hydrogens (tertiary/aromatic N) is 3. The number of anilines is 1. The van der Waals surface area contributed by atoms with Crippen molar-refractivity contribution in [1.82, 2.24) is 19.9 Å². The van der Waals surface area contributed by atoms with E-state index in [4.69, 9.17) is 5.73 Å². The molecule has 0 atom stereocenters. The van der Waals surface area contributed by atoms with Crippen LogP contribution in [0.1, 0.15) is 23.2 Å². The first-order chi connectivity index (χ1) is 15.2. The molecule has 154 valence electrons. The van der Waals surface area contributed by atoms with Gasteiger partial charge in [-0.15, -0.1) is 0 Å². The summed E-state index contributed by atoms with van der Waals surface area (Å²) < 4.78 is 2.13. The molecule has 0 fully saturated rings. The van der Waals surface area contributed by atoms with Gasteiger partial charge in [-0.3, -0.25) is 4.79 Å². The van der Waals surface area contributed by atoms with Crippen LogP contribution < -0.4 is 11.1 Å². The highest BCUT2D eigenvalue weighted by molar-refractivity contribution is 6.07. The molecule has 0 aliphatic heterocycles. The van der Waals surface area contributed by atoms with Gasteiger partial charge in [0.1, 0.15) is 5.52 Å². The van der Waals surface area contributed by atoms with Crippen LogP contribution in [0.3, 0.4) is 0 Å². The maximum atomic E-state index is 12.7. The molecule has 5 rings (SSSR count). The Bertz CT molecular complexity index is 1400. The number of aromatic nitrogens is 3. The van der Waals surface area contributed by atoms with E-state index in [1.165, 1.54) is 0 Å². The summed E-state index contributed by atoms with van der Waals surface area (Å²) in [5.74, 6) is 0.421. The number of carbonyl (C=O) groups excluding carboxylic acids is 1. The summed E-state index contributed by atoms with van der Waals surface area (Å²) in [6.45, 7) is 1.42.